The van der Waals surface area contributed by atoms with Gasteiger partial charge in [0.25, 0.3) is 0 Å². The second-order valence-corrected chi connectivity index (χ2v) is 3.07. The van der Waals surface area contributed by atoms with Gasteiger partial charge < -0.3 is 4.90 Å². The van der Waals surface area contributed by atoms with E-state index in [1.165, 1.54) is 4.90 Å². The zero-order valence-corrected chi connectivity index (χ0v) is 8.17. The van der Waals surface area contributed by atoms with Gasteiger partial charge >= 0.3 is 6.09 Å². The van der Waals surface area contributed by atoms with Gasteiger partial charge in [-0.3, -0.25) is 0 Å². The zero-order valence-electron chi connectivity index (χ0n) is 8.17. The number of hydrogen-bond donors (Lipinski definition) is 0. The number of hydrogen-bond acceptors (Lipinski definition) is 1. The first-order valence-corrected chi connectivity index (χ1v) is 4.61. The maximum absolute atomic E-state index is 10.6. The van der Waals surface area contributed by atoms with E-state index in [0.29, 0.717) is 6.54 Å². The highest BCUT2D eigenvalue weighted by Gasteiger charge is 2.17. The fourth-order valence-electron chi connectivity index (χ4n) is 1.04. The molecule has 3 nitrogen and oxygen atoms in total. The van der Waals surface area contributed by atoms with Crippen molar-refractivity contribution in [2.75, 3.05) is 6.54 Å². The predicted molar refractivity (Wildman–Crippen MR) is 47.4 cm³/mol. The van der Waals surface area contributed by atoms with Crippen LogP contribution in [0.15, 0.2) is 0 Å². The normalized spacial score (nSPS) is 12.6. The molecule has 1 unspecified atom stereocenters. The first-order valence-electron chi connectivity index (χ1n) is 4.61. The minimum absolute atomic E-state index is 0.0848. The molecule has 1 radical (unpaired) electrons. The van der Waals surface area contributed by atoms with E-state index in [1.54, 1.807) is 0 Å². The highest BCUT2D eigenvalue weighted by molar-refractivity contribution is 5.64. The first-order chi connectivity index (χ1) is 5.63. The van der Waals surface area contributed by atoms with Crippen LogP contribution in [0.4, 0.5) is 4.79 Å². The lowest BCUT2D eigenvalue weighted by Gasteiger charge is -2.23. The van der Waals surface area contributed by atoms with Gasteiger partial charge in [0, 0.05) is 12.6 Å². The molecule has 0 N–H and O–H groups in total. The largest absolute Gasteiger partial charge is 0.453 e. The molecule has 0 rings (SSSR count). The van der Waals surface area contributed by atoms with Crippen molar-refractivity contribution in [3.63, 3.8) is 0 Å². The van der Waals surface area contributed by atoms with Crippen molar-refractivity contribution in [2.24, 2.45) is 0 Å². The lowest BCUT2D eigenvalue weighted by molar-refractivity contribution is 0.102. The molecule has 0 fully saturated rings. The number of carbonyl (C=O) groups is 1. The third-order valence-electron chi connectivity index (χ3n) is 2.11. The summed E-state index contributed by atoms with van der Waals surface area (Å²) in [6.07, 6.45) is 1.73. The Bertz CT molecular complexity index is 136. The van der Waals surface area contributed by atoms with E-state index in [1.807, 2.05) is 20.8 Å². The van der Waals surface area contributed by atoms with E-state index in [2.05, 4.69) is 0 Å². The maximum Gasteiger partial charge on any atom is 0.453 e. The molecule has 0 heterocycles. The van der Waals surface area contributed by atoms with Gasteiger partial charge in [-0.1, -0.05) is 20.3 Å². The highest BCUT2D eigenvalue weighted by atomic mass is 16.4. The summed E-state index contributed by atoms with van der Waals surface area (Å²) >= 11 is 0. The number of unbranched alkanes of at least 4 members (excludes halogenated alkanes) is 1. The molecule has 0 saturated heterocycles. The van der Waals surface area contributed by atoms with Gasteiger partial charge in [0.05, 0.1) is 0 Å². The van der Waals surface area contributed by atoms with E-state index >= 15 is 0 Å². The second-order valence-electron chi connectivity index (χ2n) is 3.07. The monoisotopic (exact) mass is 172 g/mol. The summed E-state index contributed by atoms with van der Waals surface area (Å²) in [5, 5.41) is 10.6. The van der Waals surface area contributed by atoms with Crippen LogP contribution in [0.3, 0.4) is 0 Å². The van der Waals surface area contributed by atoms with Crippen molar-refractivity contribution in [1.82, 2.24) is 4.90 Å². The van der Waals surface area contributed by atoms with Gasteiger partial charge in [0.1, 0.15) is 0 Å². The summed E-state index contributed by atoms with van der Waals surface area (Å²) in [6.45, 7) is 6.54. The Balaban J connectivity index is 3.94. The summed E-state index contributed by atoms with van der Waals surface area (Å²) in [5.74, 6) is 0. The predicted octanol–water partition coefficient (Wildman–Crippen LogP) is 2.44. The van der Waals surface area contributed by atoms with Crippen LogP contribution in [0.1, 0.15) is 40.0 Å². The quantitative estimate of drug-likeness (QED) is 0.627. The van der Waals surface area contributed by atoms with E-state index in [9.17, 15) is 9.90 Å². The molecule has 0 aliphatic rings. The Morgan fingerprint density at radius 1 is 1.42 bits per heavy atom. The average molecular weight is 172 g/mol. The van der Waals surface area contributed by atoms with Crippen molar-refractivity contribution in [1.29, 1.82) is 0 Å². The Hall–Kier alpha value is -0.730. The molecule has 0 spiro atoms. The molecule has 3 heteroatoms. The number of rotatable bonds is 5. The molecule has 0 aromatic heterocycles. The maximum atomic E-state index is 10.6. The fraction of sp³-hybridized carbons (Fsp3) is 0.889. The molecule has 1 amide bonds. The van der Waals surface area contributed by atoms with Crippen LogP contribution in [-0.2, 0) is 5.11 Å². The lowest BCUT2D eigenvalue weighted by Crippen LogP contribution is -2.37. The number of nitrogens with zero attached hydrogens (tertiary/aromatic N) is 1. The molecule has 0 saturated carbocycles. The van der Waals surface area contributed by atoms with Crippen molar-refractivity contribution in [3.05, 3.63) is 0 Å². The van der Waals surface area contributed by atoms with Gasteiger partial charge in [0.2, 0.25) is 0 Å². The van der Waals surface area contributed by atoms with E-state index < -0.39 is 6.09 Å². The van der Waals surface area contributed by atoms with Gasteiger partial charge in [0.15, 0.2) is 0 Å². The van der Waals surface area contributed by atoms with Gasteiger partial charge in [-0.05, 0) is 19.8 Å². The molecule has 0 aliphatic carbocycles. The topological polar surface area (TPSA) is 40.2 Å². The molecular weight excluding hydrogens is 154 g/mol. The van der Waals surface area contributed by atoms with Crippen molar-refractivity contribution in [3.8, 4) is 0 Å². The fourth-order valence-corrected chi connectivity index (χ4v) is 1.04. The lowest BCUT2D eigenvalue weighted by atomic mass is 10.2. The molecule has 0 aromatic rings. The van der Waals surface area contributed by atoms with Crippen LogP contribution >= 0.6 is 0 Å². The minimum atomic E-state index is -1.04. The molecule has 12 heavy (non-hydrogen) atoms. The third kappa shape index (κ3) is 3.60. The first kappa shape index (κ1) is 11.3. The summed E-state index contributed by atoms with van der Waals surface area (Å²) in [6, 6.07) is 0.0848. The van der Waals surface area contributed by atoms with Crippen LogP contribution in [0, 0.1) is 0 Å². The zero-order chi connectivity index (χ0) is 9.56. The van der Waals surface area contributed by atoms with Crippen LogP contribution < -0.4 is 0 Å². The van der Waals surface area contributed by atoms with Gasteiger partial charge in [-0.15, -0.1) is 0 Å². The standard InChI is InChI=1S/C9H18NO2/c1-4-6-7-10(9(11)12)8(3)5-2/h8H,4-7H2,1-3H3. The number of amides is 1. The molecular formula is C9H18NO2. The molecule has 0 aromatic carbocycles. The average Bonchev–Trinajstić information content (AvgIpc) is 2.04. The Morgan fingerprint density at radius 3 is 2.33 bits per heavy atom. The van der Waals surface area contributed by atoms with Crippen LogP contribution in [0.2, 0.25) is 0 Å². The van der Waals surface area contributed by atoms with E-state index in [0.717, 1.165) is 19.3 Å². The number of carbonyl (C=O) groups excluding carboxylic acids is 1. The minimum Gasteiger partial charge on any atom is -0.302 e. The Labute approximate surface area is 74.4 Å². The van der Waals surface area contributed by atoms with Crippen molar-refractivity contribution < 1.29 is 9.90 Å². The van der Waals surface area contributed by atoms with Crippen molar-refractivity contribution >= 4 is 6.09 Å². The van der Waals surface area contributed by atoms with Crippen LogP contribution in [-0.4, -0.2) is 23.6 Å². The smallest absolute Gasteiger partial charge is 0.302 e. The van der Waals surface area contributed by atoms with Crippen LogP contribution in [0.25, 0.3) is 0 Å². The van der Waals surface area contributed by atoms with Gasteiger partial charge in [-0.2, -0.15) is 0 Å². The van der Waals surface area contributed by atoms with Gasteiger partial charge in [-0.25, -0.2) is 9.90 Å². The highest BCUT2D eigenvalue weighted by Crippen LogP contribution is 2.05. The van der Waals surface area contributed by atoms with Crippen molar-refractivity contribution in [2.45, 2.75) is 46.1 Å². The third-order valence-corrected chi connectivity index (χ3v) is 2.11. The molecule has 0 bridgehead atoms. The molecule has 1 atom stereocenters. The molecule has 71 valence electrons. The summed E-state index contributed by atoms with van der Waals surface area (Å²) < 4.78 is 0. The summed E-state index contributed by atoms with van der Waals surface area (Å²) in [7, 11) is 0. The Kier molecular flexibility index (Phi) is 5.51. The Morgan fingerprint density at radius 2 is 2.00 bits per heavy atom. The summed E-state index contributed by atoms with van der Waals surface area (Å²) in [4.78, 5) is 12.0. The second kappa shape index (κ2) is 5.86. The van der Waals surface area contributed by atoms with E-state index in [4.69, 9.17) is 0 Å². The summed E-state index contributed by atoms with van der Waals surface area (Å²) in [5.41, 5.74) is 0. The molecule has 0 aliphatic heterocycles. The van der Waals surface area contributed by atoms with Crippen LogP contribution in [0.5, 0.6) is 0 Å². The SMILES string of the molecule is CCCCN(C([O])=O)C(C)CC. The van der Waals surface area contributed by atoms with E-state index in [-0.39, 0.29) is 6.04 Å².